The van der Waals surface area contributed by atoms with E-state index < -0.39 is 6.03 Å². The molecule has 2 N–H and O–H groups in total. The highest BCUT2D eigenvalue weighted by Gasteiger charge is 2.33. The maximum absolute atomic E-state index is 12.3. The van der Waals surface area contributed by atoms with Gasteiger partial charge in [-0.1, -0.05) is 42.5 Å². The average molecular weight is 294 g/mol. The van der Waals surface area contributed by atoms with Crippen molar-refractivity contribution in [3.63, 3.8) is 0 Å². The molecule has 1 aliphatic rings. The Morgan fingerprint density at radius 3 is 2.36 bits per heavy atom. The van der Waals surface area contributed by atoms with Crippen LogP contribution in [0.4, 0.5) is 4.79 Å². The number of hydrogen-bond donors (Lipinski definition) is 2. The van der Waals surface area contributed by atoms with Crippen molar-refractivity contribution in [1.29, 1.82) is 0 Å². The van der Waals surface area contributed by atoms with Gasteiger partial charge in [-0.2, -0.15) is 0 Å². The van der Waals surface area contributed by atoms with E-state index in [1.54, 1.807) is 18.2 Å². The molecule has 0 spiro atoms. The van der Waals surface area contributed by atoms with Gasteiger partial charge in [0.1, 0.15) is 11.4 Å². The number of imide groups is 1. The molecule has 2 aromatic carbocycles. The number of rotatable bonds is 3. The normalized spacial score (nSPS) is 16.2. The number of carbonyl (C=O) groups excluding carboxylic acids is 2. The average Bonchev–Trinajstić information content (AvgIpc) is 2.78. The highest BCUT2D eigenvalue weighted by molar-refractivity contribution is 6.13. The molecule has 110 valence electrons. The Bertz CT molecular complexity index is 736. The topological polar surface area (TPSA) is 69.6 Å². The minimum absolute atomic E-state index is 0.148. The Hall–Kier alpha value is -3.08. The van der Waals surface area contributed by atoms with Crippen LogP contribution in [0.5, 0.6) is 5.75 Å². The van der Waals surface area contributed by atoms with E-state index in [1.807, 2.05) is 30.3 Å². The van der Waals surface area contributed by atoms with E-state index in [4.69, 9.17) is 0 Å². The predicted molar refractivity (Wildman–Crippen MR) is 81.6 cm³/mol. The van der Waals surface area contributed by atoms with E-state index in [0.717, 1.165) is 11.1 Å². The number of aromatic hydroxyl groups is 1. The van der Waals surface area contributed by atoms with E-state index in [9.17, 15) is 14.7 Å². The molecule has 2 aromatic rings. The van der Waals surface area contributed by atoms with Crippen molar-refractivity contribution in [1.82, 2.24) is 10.2 Å². The van der Waals surface area contributed by atoms with E-state index in [1.165, 1.54) is 17.0 Å². The van der Waals surface area contributed by atoms with Crippen LogP contribution in [0.1, 0.15) is 11.1 Å². The maximum Gasteiger partial charge on any atom is 0.329 e. The number of phenols is 1. The van der Waals surface area contributed by atoms with Crippen molar-refractivity contribution >= 4 is 18.0 Å². The van der Waals surface area contributed by atoms with Gasteiger partial charge in [0.2, 0.25) is 0 Å². The molecule has 0 bridgehead atoms. The molecule has 1 aliphatic heterocycles. The third kappa shape index (κ3) is 2.83. The summed E-state index contributed by atoms with van der Waals surface area (Å²) < 4.78 is 0. The third-order valence-corrected chi connectivity index (χ3v) is 3.35. The summed E-state index contributed by atoms with van der Waals surface area (Å²) in [6.45, 7) is 0.235. The molecule has 3 rings (SSSR count). The van der Waals surface area contributed by atoms with Gasteiger partial charge in [-0.15, -0.1) is 0 Å². The summed E-state index contributed by atoms with van der Waals surface area (Å²) in [6.07, 6.45) is 1.59. The lowest BCUT2D eigenvalue weighted by molar-refractivity contribution is -0.123. The number of amides is 3. The van der Waals surface area contributed by atoms with Crippen LogP contribution in [-0.4, -0.2) is 21.9 Å². The van der Waals surface area contributed by atoms with E-state index in [2.05, 4.69) is 5.32 Å². The number of carbonyl (C=O) groups is 2. The van der Waals surface area contributed by atoms with E-state index >= 15 is 0 Å². The van der Waals surface area contributed by atoms with E-state index in [-0.39, 0.29) is 23.9 Å². The largest absolute Gasteiger partial charge is 0.508 e. The Morgan fingerprint density at radius 1 is 1.00 bits per heavy atom. The highest BCUT2D eigenvalue weighted by Crippen LogP contribution is 2.18. The molecule has 0 radical (unpaired) electrons. The Balaban J connectivity index is 1.80. The predicted octanol–water partition coefficient (Wildman–Crippen LogP) is 2.49. The van der Waals surface area contributed by atoms with Gasteiger partial charge < -0.3 is 10.4 Å². The molecule has 1 saturated heterocycles. The van der Waals surface area contributed by atoms with Crippen molar-refractivity contribution in [2.45, 2.75) is 6.54 Å². The fraction of sp³-hybridized carbons (Fsp3) is 0.0588. The van der Waals surface area contributed by atoms with Crippen molar-refractivity contribution in [3.8, 4) is 5.75 Å². The second-order valence-electron chi connectivity index (χ2n) is 4.96. The van der Waals surface area contributed by atoms with Crippen molar-refractivity contribution in [2.75, 3.05) is 0 Å². The molecule has 0 atom stereocenters. The summed E-state index contributed by atoms with van der Waals surface area (Å²) in [7, 11) is 0. The fourth-order valence-electron chi connectivity index (χ4n) is 2.22. The quantitative estimate of drug-likeness (QED) is 0.675. The molecule has 22 heavy (non-hydrogen) atoms. The number of hydrogen-bond acceptors (Lipinski definition) is 3. The summed E-state index contributed by atoms with van der Waals surface area (Å²) in [5, 5.41) is 11.8. The van der Waals surface area contributed by atoms with Gasteiger partial charge in [0.05, 0.1) is 6.54 Å². The molecule has 5 nitrogen and oxygen atoms in total. The first-order valence-electron chi connectivity index (χ1n) is 6.81. The molecule has 3 amide bonds. The standard InChI is InChI=1S/C17H14N2O3/c20-14-8-6-12(7-9-14)10-15-16(21)19(17(22)18-15)11-13-4-2-1-3-5-13/h1-10,20H,11H2,(H,18,22)/b15-10-. The zero-order valence-electron chi connectivity index (χ0n) is 11.7. The molecule has 1 heterocycles. The molecular weight excluding hydrogens is 280 g/mol. The van der Waals surface area contributed by atoms with Crippen LogP contribution in [0, 0.1) is 0 Å². The lowest BCUT2D eigenvalue weighted by atomic mass is 10.2. The summed E-state index contributed by atoms with van der Waals surface area (Å²) in [6, 6.07) is 15.3. The zero-order valence-corrected chi connectivity index (χ0v) is 11.7. The van der Waals surface area contributed by atoms with Crippen LogP contribution in [0.3, 0.4) is 0 Å². The van der Waals surface area contributed by atoms with Crippen LogP contribution in [-0.2, 0) is 11.3 Å². The number of phenolic OH excluding ortho intramolecular Hbond substituents is 1. The van der Waals surface area contributed by atoms with Crippen LogP contribution in [0.2, 0.25) is 0 Å². The van der Waals surface area contributed by atoms with Gasteiger partial charge in [-0.25, -0.2) is 4.79 Å². The first-order chi connectivity index (χ1) is 10.6. The van der Waals surface area contributed by atoms with Gasteiger partial charge >= 0.3 is 6.03 Å². The first kappa shape index (κ1) is 13.9. The number of nitrogens with zero attached hydrogens (tertiary/aromatic N) is 1. The second kappa shape index (κ2) is 5.73. The van der Waals surface area contributed by atoms with Crippen LogP contribution >= 0.6 is 0 Å². The molecular formula is C17H14N2O3. The number of urea groups is 1. The lowest BCUT2D eigenvalue weighted by Crippen LogP contribution is -2.30. The molecule has 1 fully saturated rings. The summed E-state index contributed by atoms with van der Waals surface area (Å²) in [4.78, 5) is 25.4. The van der Waals surface area contributed by atoms with Crippen molar-refractivity contribution in [2.24, 2.45) is 0 Å². The van der Waals surface area contributed by atoms with E-state index in [0.29, 0.717) is 0 Å². The van der Waals surface area contributed by atoms with Gasteiger partial charge in [0.25, 0.3) is 5.91 Å². The monoisotopic (exact) mass is 294 g/mol. The first-order valence-corrected chi connectivity index (χ1v) is 6.81. The molecule has 0 saturated carbocycles. The van der Waals surface area contributed by atoms with Crippen molar-refractivity contribution < 1.29 is 14.7 Å². The fourth-order valence-corrected chi connectivity index (χ4v) is 2.22. The number of benzene rings is 2. The zero-order chi connectivity index (χ0) is 15.5. The van der Waals surface area contributed by atoms with Crippen LogP contribution in [0.25, 0.3) is 6.08 Å². The third-order valence-electron chi connectivity index (χ3n) is 3.35. The SMILES string of the molecule is O=C1N/C(=C\c2ccc(O)cc2)C(=O)N1Cc1ccccc1. The molecule has 5 heteroatoms. The summed E-state index contributed by atoms with van der Waals surface area (Å²) in [5.41, 5.74) is 1.84. The molecule has 0 aliphatic carbocycles. The van der Waals surface area contributed by atoms with Gasteiger partial charge in [-0.05, 0) is 29.3 Å². The second-order valence-corrected chi connectivity index (χ2v) is 4.96. The maximum atomic E-state index is 12.3. The Kier molecular flexibility index (Phi) is 3.62. The van der Waals surface area contributed by atoms with Crippen LogP contribution < -0.4 is 5.32 Å². The minimum Gasteiger partial charge on any atom is -0.508 e. The highest BCUT2D eigenvalue weighted by atomic mass is 16.3. The van der Waals surface area contributed by atoms with Gasteiger partial charge in [-0.3, -0.25) is 9.69 Å². The smallest absolute Gasteiger partial charge is 0.329 e. The summed E-state index contributed by atoms with van der Waals surface area (Å²) >= 11 is 0. The Morgan fingerprint density at radius 2 is 1.68 bits per heavy atom. The minimum atomic E-state index is -0.432. The van der Waals surface area contributed by atoms with Crippen LogP contribution in [0.15, 0.2) is 60.3 Å². The molecule has 0 aromatic heterocycles. The summed E-state index contributed by atoms with van der Waals surface area (Å²) in [5.74, 6) is -0.212. The van der Waals surface area contributed by atoms with Gasteiger partial charge in [0.15, 0.2) is 0 Å². The van der Waals surface area contributed by atoms with Gasteiger partial charge in [0, 0.05) is 0 Å². The van der Waals surface area contributed by atoms with Crippen molar-refractivity contribution in [3.05, 3.63) is 71.4 Å². The molecule has 0 unspecified atom stereocenters. The lowest BCUT2D eigenvalue weighted by Gasteiger charge is -2.11. The number of nitrogens with one attached hydrogen (secondary N) is 1. The Labute approximate surface area is 127 Å².